The molecule has 16 heavy (non-hydrogen) atoms. The van der Waals surface area contributed by atoms with Gasteiger partial charge in [0.1, 0.15) is 22.4 Å². The molecule has 2 rings (SSSR count). The van der Waals surface area contributed by atoms with E-state index in [4.69, 9.17) is 0 Å². The van der Waals surface area contributed by atoms with Crippen LogP contribution >= 0.6 is 15.9 Å². The Bertz CT molecular complexity index is 369. The van der Waals surface area contributed by atoms with Crippen molar-refractivity contribution in [2.45, 2.75) is 32.7 Å². The fraction of sp³-hybridized carbons (Fsp3) is 0.636. The molecule has 0 aromatic carbocycles. The van der Waals surface area contributed by atoms with Crippen LogP contribution in [0, 0.1) is 5.92 Å². The molecule has 1 aliphatic rings. The summed E-state index contributed by atoms with van der Waals surface area (Å²) in [5.41, 5.74) is 0. The van der Waals surface area contributed by atoms with Gasteiger partial charge in [-0.3, -0.25) is 0 Å². The van der Waals surface area contributed by atoms with Gasteiger partial charge in [-0.25, -0.2) is 9.97 Å². The molecule has 1 aromatic heterocycles. The average Bonchev–Trinajstić information content (AvgIpc) is 2.96. The first-order chi connectivity index (χ1) is 7.72. The Kier molecular flexibility index (Phi) is 3.63. The number of hydrogen-bond acceptors (Lipinski definition) is 4. The fourth-order valence-corrected chi connectivity index (χ4v) is 2.00. The Morgan fingerprint density at radius 1 is 1.44 bits per heavy atom. The standard InChI is InChI=1S/C11H17BrN4/c1-3-4-13-10-9(12)11(15-6-14-10)16-8-5-7(8)2/h6-8H,3-5H2,1-2H3,(H2,13,14,15,16). The van der Waals surface area contributed by atoms with E-state index in [1.807, 2.05) is 0 Å². The molecule has 1 aliphatic carbocycles. The van der Waals surface area contributed by atoms with Crippen molar-refractivity contribution >= 4 is 27.6 Å². The first-order valence-corrected chi connectivity index (χ1v) is 6.52. The van der Waals surface area contributed by atoms with E-state index in [-0.39, 0.29) is 0 Å². The van der Waals surface area contributed by atoms with E-state index < -0.39 is 0 Å². The maximum absolute atomic E-state index is 4.25. The number of anilines is 2. The van der Waals surface area contributed by atoms with Gasteiger partial charge in [0.05, 0.1) is 0 Å². The summed E-state index contributed by atoms with van der Waals surface area (Å²) in [6, 6.07) is 0.574. The number of nitrogens with zero attached hydrogens (tertiary/aromatic N) is 2. The minimum Gasteiger partial charge on any atom is -0.369 e. The van der Waals surface area contributed by atoms with Crippen LogP contribution in [0.1, 0.15) is 26.7 Å². The third-order valence-electron chi connectivity index (χ3n) is 2.76. The van der Waals surface area contributed by atoms with Crippen LogP contribution in [0.5, 0.6) is 0 Å². The van der Waals surface area contributed by atoms with Gasteiger partial charge < -0.3 is 10.6 Å². The first-order valence-electron chi connectivity index (χ1n) is 5.73. The van der Waals surface area contributed by atoms with Gasteiger partial charge >= 0.3 is 0 Å². The van der Waals surface area contributed by atoms with Crippen molar-refractivity contribution < 1.29 is 0 Å². The highest BCUT2D eigenvalue weighted by Crippen LogP contribution is 2.35. The van der Waals surface area contributed by atoms with Crippen LogP contribution in [0.4, 0.5) is 11.6 Å². The molecule has 1 aromatic rings. The van der Waals surface area contributed by atoms with Gasteiger partial charge in [-0.2, -0.15) is 0 Å². The zero-order valence-corrected chi connectivity index (χ0v) is 11.2. The molecule has 88 valence electrons. The predicted molar refractivity (Wildman–Crippen MR) is 69.7 cm³/mol. The Balaban J connectivity index is 2.06. The zero-order chi connectivity index (χ0) is 11.5. The second kappa shape index (κ2) is 4.99. The van der Waals surface area contributed by atoms with Crippen molar-refractivity contribution in [1.82, 2.24) is 9.97 Å². The van der Waals surface area contributed by atoms with Gasteiger partial charge in [0, 0.05) is 12.6 Å². The molecule has 5 heteroatoms. The summed E-state index contributed by atoms with van der Waals surface area (Å²) in [7, 11) is 0. The number of nitrogens with one attached hydrogen (secondary N) is 2. The number of rotatable bonds is 5. The largest absolute Gasteiger partial charge is 0.369 e. The van der Waals surface area contributed by atoms with E-state index in [1.54, 1.807) is 6.33 Å². The van der Waals surface area contributed by atoms with Crippen LogP contribution in [-0.2, 0) is 0 Å². The summed E-state index contributed by atoms with van der Waals surface area (Å²) >= 11 is 3.54. The maximum Gasteiger partial charge on any atom is 0.146 e. The third-order valence-corrected chi connectivity index (χ3v) is 3.51. The molecule has 0 bridgehead atoms. The lowest BCUT2D eigenvalue weighted by molar-refractivity contribution is 0.918. The van der Waals surface area contributed by atoms with E-state index in [1.165, 1.54) is 6.42 Å². The molecular weight excluding hydrogens is 268 g/mol. The lowest BCUT2D eigenvalue weighted by atomic mass is 10.4. The topological polar surface area (TPSA) is 49.8 Å². The van der Waals surface area contributed by atoms with Crippen LogP contribution in [0.2, 0.25) is 0 Å². The van der Waals surface area contributed by atoms with Crippen molar-refractivity contribution in [2.75, 3.05) is 17.2 Å². The maximum atomic E-state index is 4.25. The molecule has 4 nitrogen and oxygen atoms in total. The number of halogens is 1. The molecule has 0 spiro atoms. The summed E-state index contributed by atoms with van der Waals surface area (Å²) in [6.07, 6.45) is 3.91. The van der Waals surface area contributed by atoms with E-state index in [0.717, 1.165) is 35.0 Å². The second-order valence-corrected chi connectivity index (χ2v) is 5.07. The van der Waals surface area contributed by atoms with Crippen LogP contribution in [0.15, 0.2) is 10.8 Å². The van der Waals surface area contributed by atoms with Crippen molar-refractivity contribution in [3.8, 4) is 0 Å². The van der Waals surface area contributed by atoms with Crippen molar-refractivity contribution in [1.29, 1.82) is 0 Å². The molecule has 2 atom stereocenters. The SMILES string of the molecule is CCCNc1ncnc(NC2CC2C)c1Br. The number of hydrogen-bond donors (Lipinski definition) is 2. The van der Waals surface area contributed by atoms with E-state index in [0.29, 0.717) is 6.04 Å². The van der Waals surface area contributed by atoms with E-state index in [2.05, 4.69) is 50.4 Å². The van der Waals surface area contributed by atoms with Gasteiger partial charge in [-0.15, -0.1) is 0 Å². The molecule has 0 radical (unpaired) electrons. The Morgan fingerprint density at radius 2 is 2.12 bits per heavy atom. The highest BCUT2D eigenvalue weighted by molar-refractivity contribution is 9.10. The van der Waals surface area contributed by atoms with Crippen LogP contribution in [0.3, 0.4) is 0 Å². The average molecular weight is 285 g/mol. The molecule has 1 saturated carbocycles. The van der Waals surface area contributed by atoms with Gasteiger partial charge in [-0.05, 0) is 34.7 Å². The highest BCUT2D eigenvalue weighted by Gasteiger charge is 2.33. The van der Waals surface area contributed by atoms with Gasteiger partial charge in [0.15, 0.2) is 0 Å². The summed E-state index contributed by atoms with van der Waals surface area (Å²) < 4.78 is 0.933. The monoisotopic (exact) mass is 284 g/mol. The second-order valence-electron chi connectivity index (χ2n) is 4.28. The van der Waals surface area contributed by atoms with Crippen LogP contribution in [0.25, 0.3) is 0 Å². The molecule has 2 unspecified atom stereocenters. The smallest absolute Gasteiger partial charge is 0.146 e. The van der Waals surface area contributed by atoms with Gasteiger partial charge in [0.2, 0.25) is 0 Å². The molecule has 1 heterocycles. The van der Waals surface area contributed by atoms with E-state index in [9.17, 15) is 0 Å². The van der Waals surface area contributed by atoms with Crippen LogP contribution in [-0.4, -0.2) is 22.6 Å². The Morgan fingerprint density at radius 3 is 2.75 bits per heavy atom. The molecule has 2 N–H and O–H groups in total. The summed E-state index contributed by atoms with van der Waals surface area (Å²) in [5.74, 6) is 2.52. The van der Waals surface area contributed by atoms with Gasteiger partial charge in [-0.1, -0.05) is 13.8 Å². The van der Waals surface area contributed by atoms with E-state index >= 15 is 0 Å². The minimum atomic E-state index is 0.574. The first kappa shape index (κ1) is 11.6. The zero-order valence-electron chi connectivity index (χ0n) is 9.63. The predicted octanol–water partition coefficient (Wildman–Crippen LogP) is 2.88. The van der Waals surface area contributed by atoms with Crippen molar-refractivity contribution in [3.05, 3.63) is 10.8 Å². The normalized spacial score (nSPS) is 22.9. The quantitative estimate of drug-likeness (QED) is 0.873. The molecule has 0 amide bonds. The van der Waals surface area contributed by atoms with Crippen molar-refractivity contribution in [2.24, 2.45) is 5.92 Å². The Labute approximate surface area is 104 Å². The Hall–Kier alpha value is -0.840. The fourth-order valence-electron chi connectivity index (χ4n) is 1.54. The lowest BCUT2D eigenvalue weighted by Crippen LogP contribution is -2.09. The molecular formula is C11H17BrN4. The lowest BCUT2D eigenvalue weighted by Gasteiger charge is -2.10. The minimum absolute atomic E-state index is 0.574. The highest BCUT2D eigenvalue weighted by atomic mass is 79.9. The van der Waals surface area contributed by atoms with Gasteiger partial charge in [0.25, 0.3) is 0 Å². The van der Waals surface area contributed by atoms with Crippen molar-refractivity contribution in [3.63, 3.8) is 0 Å². The summed E-state index contributed by atoms with van der Waals surface area (Å²) in [6.45, 7) is 5.30. The molecule has 0 saturated heterocycles. The third kappa shape index (κ3) is 2.64. The summed E-state index contributed by atoms with van der Waals surface area (Å²) in [4.78, 5) is 8.47. The van der Waals surface area contributed by atoms with Crippen LogP contribution < -0.4 is 10.6 Å². The number of aromatic nitrogens is 2. The summed E-state index contributed by atoms with van der Waals surface area (Å²) in [5, 5.41) is 6.68. The molecule has 0 aliphatic heterocycles. The molecule has 1 fully saturated rings.